The van der Waals surface area contributed by atoms with E-state index in [0.29, 0.717) is 23.4 Å². The normalized spacial score (nSPS) is 11.2. The fraction of sp³-hybridized carbons (Fsp3) is 0.120. The lowest BCUT2D eigenvalue weighted by Gasteiger charge is -2.12. The predicted molar refractivity (Wildman–Crippen MR) is 128 cm³/mol. The molecule has 0 spiro atoms. The molecule has 4 rings (SSSR count). The zero-order chi connectivity index (χ0) is 23.4. The zero-order valence-corrected chi connectivity index (χ0v) is 19.1. The van der Waals surface area contributed by atoms with Gasteiger partial charge in [0.25, 0.3) is 15.9 Å². The third-order valence-corrected chi connectivity index (χ3v) is 6.64. The van der Waals surface area contributed by atoms with Crippen molar-refractivity contribution in [3.8, 4) is 5.69 Å². The number of aryl methyl sites for hydroxylation is 2. The zero-order valence-electron chi connectivity index (χ0n) is 18.3. The number of aromatic nitrogens is 2. The largest absolute Gasteiger partial charge is 0.348 e. The van der Waals surface area contributed by atoms with E-state index in [0.717, 1.165) is 16.8 Å². The van der Waals surface area contributed by atoms with Gasteiger partial charge >= 0.3 is 0 Å². The fourth-order valence-electron chi connectivity index (χ4n) is 3.32. The van der Waals surface area contributed by atoms with E-state index in [1.54, 1.807) is 61.9 Å². The number of carbonyl (C=O) groups excluding carboxylic acids is 1. The van der Waals surface area contributed by atoms with Crippen LogP contribution in [-0.4, -0.2) is 23.9 Å². The minimum absolute atomic E-state index is 0.188. The summed E-state index contributed by atoms with van der Waals surface area (Å²) in [7, 11) is -3.71. The SMILES string of the molecule is Cc1ccc(S(=O)(=O)Nc2ccc(C(=O)NCc3ccc(-n4ccnc4)cc3)cc2C)cc1. The number of anilines is 1. The molecule has 2 N–H and O–H groups in total. The van der Waals surface area contributed by atoms with E-state index in [-0.39, 0.29) is 10.8 Å². The maximum atomic E-state index is 12.6. The van der Waals surface area contributed by atoms with Crippen LogP contribution in [0.15, 0.2) is 90.3 Å². The van der Waals surface area contributed by atoms with Gasteiger partial charge in [0, 0.05) is 30.2 Å². The van der Waals surface area contributed by atoms with Gasteiger partial charge in [-0.1, -0.05) is 29.8 Å². The maximum absolute atomic E-state index is 12.6. The lowest BCUT2D eigenvalue weighted by Crippen LogP contribution is -2.23. The Morgan fingerprint density at radius 1 is 0.970 bits per heavy atom. The van der Waals surface area contributed by atoms with Gasteiger partial charge < -0.3 is 9.88 Å². The first kappa shape index (κ1) is 22.3. The van der Waals surface area contributed by atoms with Crippen molar-refractivity contribution in [3.05, 3.63) is 108 Å². The van der Waals surface area contributed by atoms with Crippen molar-refractivity contribution in [1.29, 1.82) is 0 Å². The van der Waals surface area contributed by atoms with Crippen LogP contribution in [0.25, 0.3) is 5.69 Å². The predicted octanol–water partition coefficient (Wildman–Crippen LogP) is 4.22. The number of hydrogen-bond donors (Lipinski definition) is 2. The highest BCUT2D eigenvalue weighted by Crippen LogP contribution is 2.21. The number of imidazole rings is 1. The molecule has 0 fully saturated rings. The molecule has 8 heteroatoms. The summed E-state index contributed by atoms with van der Waals surface area (Å²) in [5.41, 5.74) is 4.48. The van der Waals surface area contributed by atoms with Crippen LogP contribution in [0.4, 0.5) is 5.69 Å². The molecule has 1 heterocycles. The number of rotatable bonds is 7. The average molecular weight is 461 g/mol. The third kappa shape index (κ3) is 5.30. The first-order chi connectivity index (χ1) is 15.8. The molecule has 0 radical (unpaired) electrons. The molecular weight excluding hydrogens is 436 g/mol. The second-order valence-corrected chi connectivity index (χ2v) is 9.45. The Hall–Kier alpha value is -3.91. The lowest BCUT2D eigenvalue weighted by molar-refractivity contribution is 0.0951. The van der Waals surface area contributed by atoms with E-state index in [1.165, 1.54) is 0 Å². The molecule has 33 heavy (non-hydrogen) atoms. The molecule has 0 unspecified atom stereocenters. The first-order valence-corrected chi connectivity index (χ1v) is 11.9. The number of carbonyl (C=O) groups is 1. The first-order valence-electron chi connectivity index (χ1n) is 10.4. The van der Waals surface area contributed by atoms with E-state index in [9.17, 15) is 13.2 Å². The van der Waals surface area contributed by atoms with E-state index in [4.69, 9.17) is 0 Å². The molecule has 0 atom stereocenters. The smallest absolute Gasteiger partial charge is 0.261 e. The van der Waals surface area contributed by atoms with Crippen LogP contribution in [-0.2, 0) is 16.6 Å². The summed E-state index contributed by atoms with van der Waals surface area (Å²) in [4.78, 5) is 16.8. The molecule has 0 aliphatic heterocycles. The Morgan fingerprint density at radius 2 is 1.70 bits per heavy atom. The van der Waals surface area contributed by atoms with Gasteiger partial charge in [0.15, 0.2) is 0 Å². The molecule has 168 valence electrons. The third-order valence-electron chi connectivity index (χ3n) is 5.26. The molecule has 1 amide bonds. The summed E-state index contributed by atoms with van der Waals surface area (Å²) in [5.74, 6) is -0.232. The van der Waals surface area contributed by atoms with Crippen LogP contribution in [0.2, 0.25) is 0 Å². The van der Waals surface area contributed by atoms with Crippen molar-refractivity contribution < 1.29 is 13.2 Å². The van der Waals surface area contributed by atoms with Crippen molar-refractivity contribution in [1.82, 2.24) is 14.9 Å². The number of benzene rings is 3. The molecule has 0 aliphatic rings. The van der Waals surface area contributed by atoms with Gasteiger partial charge in [0.1, 0.15) is 0 Å². The number of amides is 1. The number of nitrogens with zero attached hydrogens (tertiary/aromatic N) is 2. The van der Waals surface area contributed by atoms with E-state index < -0.39 is 10.0 Å². The minimum Gasteiger partial charge on any atom is -0.348 e. The Balaban J connectivity index is 1.40. The van der Waals surface area contributed by atoms with Crippen LogP contribution < -0.4 is 10.0 Å². The van der Waals surface area contributed by atoms with Gasteiger partial charge in [0.2, 0.25) is 0 Å². The molecular formula is C25H24N4O3S. The van der Waals surface area contributed by atoms with Crippen molar-refractivity contribution in [2.75, 3.05) is 4.72 Å². The molecule has 7 nitrogen and oxygen atoms in total. The second-order valence-electron chi connectivity index (χ2n) is 7.77. The Kier molecular flexibility index (Phi) is 6.28. The van der Waals surface area contributed by atoms with Gasteiger partial charge in [-0.3, -0.25) is 9.52 Å². The Labute approximate surface area is 193 Å². The topological polar surface area (TPSA) is 93.1 Å². The van der Waals surface area contributed by atoms with Crippen molar-refractivity contribution in [2.45, 2.75) is 25.3 Å². The van der Waals surface area contributed by atoms with E-state index in [2.05, 4.69) is 15.0 Å². The standard InChI is InChI=1S/C25H24N4O3S/c1-18-3-10-23(11-4-18)33(31,32)28-24-12-7-21(15-19(24)2)25(30)27-16-20-5-8-22(9-6-20)29-14-13-26-17-29/h3-15,17,28H,16H2,1-2H3,(H,27,30). The van der Waals surface area contributed by atoms with Crippen molar-refractivity contribution in [3.63, 3.8) is 0 Å². The highest BCUT2D eigenvalue weighted by molar-refractivity contribution is 7.92. The summed E-state index contributed by atoms with van der Waals surface area (Å²) in [6, 6.07) is 19.3. The molecule has 1 aromatic heterocycles. The monoisotopic (exact) mass is 460 g/mol. The molecule has 0 bridgehead atoms. The second kappa shape index (κ2) is 9.30. The molecule has 3 aromatic carbocycles. The van der Waals surface area contributed by atoms with Gasteiger partial charge in [-0.15, -0.1) is 0 Å². The van der Waals surface area contributed by atoms with Crippen LogP contribution in [0.3, 0.4) is 0 Å². The summed E-state index contributed by atoms with van der Waals surface area (Å²) in [6.07, 6.45) is 5.31. The molecule has 4 aromatic rings. The van der Waals surface area contributed by atoms with Crippen LogP contribution in [0.5, 0.6) is 0 Å². The highest BCUT2D eigenvalue weighted by atomic mass is 32.2. The van der Waals surface area contributed by atoms with Crippen LogP contribution >= 0.6 is 0 Å². The maximum Gasteiger partial charge on any atom is 0.261 e. The van der Waals surface area contributed by atoms with Gasteiger partial charge in [-0.25, -0.2) is 13.4 Å². The molecule has 0 saturated carbocycles. The van der Waals surface area contributed by atoms with Crippen LogP contribution in [0.1, 0.15) is 27.0 Å². The summed E-state index contributed by atoms with van der Waals surface area (Å²) >= 11 is 0. The number of sulfonamides is 1. The van der Waals surface area contributed by atoms with Gasteiger partial charge in [-0.2, -0.15) is 0 Å². The lowest BCUT2D eigenvalue weighted by atomic mass is 10.1. The van der Waals surface area contributed by atoms with Gasteiger partial charge in [-0.05, 0) is 67.4 Å². The summed E-state index contributed by atoms with van der Waals surface area (Å²) < 4.78 is 29.8. The van der Waals surface area contributed by atoms with Crippen LogP contribution in [0, 0.1) is 13.8 Å². The summed E-state index contributed by atoms with van der Waals surface area (Å²) in [5, 5.41) is 2.90. The number of nitrogens with one attached hydrogen (secondary N) is 2. The number of hydrogen-bond acceptors (Lipinski definition) is 4. The van der Waals surface area contributed by atoms with Gasteiger partial charge in [0.05, 0.1) is 16.9 Å². The quantitative estimate of drug-likeness (QED) is 0.432. The minimum atomic E-state index is -3.71. The Morgan fingerprint density at radius 3 is 2.33 bits per heavy atom. The summed E-state index contributed by atoms with van der Waals surface area (Å²) in [6.45, 7) is 4.04. The van der Waals surface area contributed by atoms with E-state index >= 15 is 0 Å². The fourth-order valence-corrected chi connectivity index (χ4v) is 4.45. The molecule has 0 saturated heterocycles. The average Bonchev–Trinajstić information content (AvgIpc) is 3.34. The Bertz CT molecular complexity index is 1360. The molecule has 0 aliphatic carbocycles. The van der Waals surface area contributed by atoms with E-state index in [1.807, 2.05) is 42.0 Å². The highest BCUT2D eigenvalue weighted by Gasteiger charge is 2.16. The van der Waals surface area contributed by atoms with Crippen molar-refractivity contribution >= 4 is 21.6 Å². The van der Waals surface area contributed by atoms with Crippen molar-refractivity contribution in [2.24, 2.45) is 0 Å².